The first kappa shape index (κ1) is 17.9. The highest BCUT2D eigenvalue weighted by Crippen LogP contribution is 2.20. The summed E-state index contributed by atoms with van der Waals surface area (Å²) in [7, 11) is 1.36. The molecule has 0 aliphatic carbocycles. The van der Waals surface area contributed by atoms with Crippen molar-refractivity contribution in [3.05, 3.63) is 65.7 Å². The molecule has 2 aromatic rings. The summed E-state index contributed by atoms with van der Waals surface area (Å²) in [6, 6.07) is 16.6. The summed E-state index contributed by atoms with van der Waals surface area (Å²) >= 11 is 0. The van der Waals surface area contributed by atoms with Crippen LogP contribution in [0.5, 0.6) is 0 Å². The zero-order valence-corrected chi connectivity index (χ0v) is 14.8. The SMILES string of the molecule is COC(=O)c1ccc(CN(C(=O)N2CCOCC2)c2ccccc2)cc1. The highest BCUT2D eigenvalue weighted by atomic mass is 16.5. The molecule has 0 radical (unpaired) electrons. The minimum atomic E-state index is -0.374. The smallest absolute Gasteiger partial charge is 0.337 e. The number of benzene rings is 2. The Kier molecular flexibility index (Phi) is 5.86. The molecule has 136 valence electrons. The van der Waals surface area contributed by atoms with E-state index in [1.807, 2.05) is 42.5 Å². The average molecular weight is 354 g/mol. The summed E-state index contributed by atoms with van der Waals surface area (Å²) < 4.78 is 10.1. The molecule has 0 spiro atoms. The lowest BCUT2D eigenvalue weighted by Crippen LogP contribution is -2.48. The Balaban J connectivity index is 1.81. The van der Waals surface area contributed by atoms with Crippen molar-refractivity contribution < 1.29 is 19.1 Å². The molecule has 3 rings (SSSR count). The summed E-state index contributed by atoms with van der Waals surface area (Å²) in [5.41, 5.74) is 2.26. The number of para-hydroxylation sites is 1. The second-order valence-corrected chi connectivity index (χ2v) is 5.99. The third-order valence-electron chi connectivity index (χ3n) is 4.30. The standard InChI is InChI=1S/C20H22N2O4/c1-25-19(23)17-9-7-16(8-10-17)15-22(18-5-3-2-4-6-18)20(24)21-11-13-26-14-12-21/h2-10H,11-15H2,1H3. The maximum Gasteiger partial charge on any atom is 0.337 e. The van der Waals surface area contributed by atoms with E-state index in [0.717, 1.165) is 11.3 Å². The highest BCUT2D eigenvalue weighted by molar-refractivity contribution is 5.92. The Morgan fingerprint density at radius 3 is 2.31 bits per heavy atom. The van der Waals surface area contributed by atoms with Crippen LogP contribution in [0.25, 0.3) is 0 Å². The van der Waals surface area contributed by atoms with Gasteiger partial charge in [0.1, 0.15) is 0 Å². The van der Waals surface area contributed by atoms with Crippen LogP contribution in [0.3, 0.4) is 0 Å². The normalized spacial score (nSPS) is 14.0. The molecule has 26 heavy (non-hydrogen) atoms. The Bertz CT molecular complexity index is 740. The van der Waals surface area contributed by atoms with E-state index in [0.29, 0.717) is 38.4 Å². The largest absolute Gasteiger partial charge is 0.465 e. The number of esters is 1. The quantitative estimate of drug-likeness (QED) is 0.792. The van der Waals surface area contributed by atoms with Crippen molar-refractivity contribution in [1.29, 1.82) is 0 Å². The van der Waals surface area contributed by atoms with E-state index in [4.69, 9.17) is 9.47 Å². The van der Waals surface area contributed by atoms with Crippen molar-refractivity contribution >= 4 is 17.7 Å². The molecule has 0 atom stereocenters. The lowest BCUT2D eigenvalue weighted by Gasteiger charge is -2.33. The number of hydrogen-bond acceptors (Lipinski definition) is 4. The number of carbonyl (C=O) groups excluding carboxylic acids is 2. The number of amides is 2. The molecule has 6 heteroatoms. The topological polar surface area (TPSA) is 59.1 Å². The van der Waals surface area contributed by atoms with Crippen LogP contribution in [0.2, 0.25) is 0 Å². The third kappa shape index (κ3) is 4.21. The van der Waals surface area contributed by atoms with Gasteiger partial charge in [-0.1, -0.05) is 30.3 Å². The van der Waals surface area contributed by atoms with Crippen molar-refractivity contribution in [3.8, 4) is 0 Å². The van der Waals surface area contributed by atoms with Crippen LogP contribution < -0.4 is 4.90 Å². The summed E-state index contributed by atoms with van der Waals surface area (Å²) in [5, 5.41) is 0. The van der Waals surface area contributed by atoms with E-state index < -0.39 is 0 Å². The minimum Gasteiger partial charge on any atom is -0.465 e. The van der Waals surface area contributed by atoms with Crippen LogP contribution in [-0.2, 0) is 16.0 Å². The van der Waals surface area contributed by atoms with Gasteiger partial charge in [-0.15, -0.1) is 0 Å². The van der Waals surface area contributed by atoms with Crippen LogP contribution in [0, 0.1) is 0 Å². The Morgan fingerprint density at radius 2 is 1.69 bits per heavy atom. The summed E-state index contributed by atoms with van der Waals surface area (Å²) in [5.74, 6) is -0.374. The lowest BCUT2D eigenvalue weighted by molar-refractivity contribution is 0.0548. The molecule has 1 saturated heterocycles. The molecule has 6 nitrogen and oxygen atoms in total. The van der Waals surface area contributed by atoms with Gasteiger partial charge in [-0.25, -0.2) is 9.59 Å². The number of methoxy groups -OCH3 is 1. The zero-order chi connectivity index (χ0) is 18.4. The molecule has 2 aromatic carbocycles. The average Bonchev–Trinajstić information content (AvgIpc) is 2.72. The number of morpholine rings is 1. The predicted molar refractivity (Wildman–Crippen MR) is 98.2 cm³/mol. The van der Waals surface area contributed by atoms with Gasteiger partial charge >= 0.3 is 12.0 Å². The first-order chi connectivity index (χ1) is 12.7. The number of hydrogen-bond donors (Lipinski definition) is 0. The lowest BCUT2D eigenvalue weighted by atomic mass is 10.1. The number of urea groups is 1. The number of anilines is 1. The van der Waals surface area contributed by atoms with Crippen LogP contribution >= 0.6 is 0 Å². The second kappa shape index (κ2) is 8.49. The Hall–Kier alpha value is -2.86. The number of ether oxygens (including phenoxy) is 2. The molecule has 0 bridgehead atoms. The van der Waals surface area contributed by atoms with Gasteiger partial charge in [0.15, 0.2) is 0 Å². The van der Waals surface area contributed by atoms with E-state index in [9.17, 15) is 9.59 Å². The Morgan fingerprint density at radius 1 is 1.04 bits per heavy atom. The van der Waals surface area contributed by atoms with Gasteiger partial charge in [0.2, 0.25) is 0 Å². The highest BCUT2D eigenvalue weighted by Gasteiger charge is 2.24. The summed E-state index contributed by atoms with van der Waals surface area (Å²) in [6.45, 7) is 2.71. The van der Waals surface area contributed by atoms with Crippen LogP contribution in [-0.4, -0.2) is 50.3 Å². The fourth-order valence-corrected chi connectivity index (χ4v) is 2.85. The number of carbonyl (C=O) groups is 2. The predicted octanol–water partition coefficient (Wildman–Crippen LogP) is 2.93. The van der Waals surface area contributed by atoms with E-state index in [-0.39, 0.29) is 12.0 Å². The molecule has 1 fully saturated rings. The van der Waals surface area contributed by atoms with Crippen LogP contribution in [0.1, 0.15) is 15.9 Å². The molecule has 1 aliphatic heterocycles. The van der Waals surface area contributed by atoms with Gasteiger partial charge in [-0.3, -0.25) is 4.90 Å². The zero-order valence-electron chi connectivity index (χ0n) is 14.8. The van der Waals surface area contributed by atoms with Crippen molar-refractivity contribution in [2.75, 3.05) is 38.3 Å². The molecule has 0 N–H and O–H groups in total. The van der Waals surface area contributed by atoms with Crippen LogP contribution in [0.15, 0.2) is 54.6 Å². The Labute approximate surface area is 152 Å². The van der Waals surface area contributed by atoms with E-state index >= 15 is 0 Å². The third-order valence-corrected chi connectivity index (χ3v) is 4.30. The molecule has 0 aromatic heterocycles. The first-order valence-electron chi connectivity index (χ1n) is 8.55. The second-order valence-electron chi connectivity index (χ2n) is 5.99. The van der Waals surface area contributed by atoms with Gasteiger partial charge in [0.25, 0.3) is 0 Å². The van der Waals surface area contributed by atoms with Gasteiger partial charge in [-0.2, -0.15) is 0 Å². The fourth-order valence-electron chi connectivity index (χ4n) is 2.85. The maximum absolute atomic E-state index is 13.0. The van der Waals surface area contributed by atoms with Crippen LogP contribution in [0.4, 0.5) is 10.5 Å². The van der Waals surface area contributed by atoms with Gasteiger partial charge in [0.05, 0.1) is 32.4 Å². The molecular weight excluding hydrogens is 332 g/mol. The first-order valence-corrected chi connectivity index (χ1v) is 8.55. The molecule has 1 aliphatic rings. The van der Waals surface area contributed by atoms with E-state index in [2.05, 4.69) is 0 Å². The molecular formula is C20H22N2O4. The van der Waals surface area contributed by atoms with Crippen molar-refractivity contribution in [2.24, 2.45) is 0 Å². The number of rotatable bonds is 4. The van der Waals surface area contributed by atoms with Crippen molar-refractivity contribution in [1.82, 2.24) is 4.90 Å². The maximum atomic E-state index is 13.0. The monoisotopic (exact) mass is 354 g/mol. The molecule has 0 saturated carbocycles. The number of nitrogens with zero attached hydrogens (tertiary/aromatic N) is 2. The summed E-state index contributed by atoms with van der Waals surface area (Å²) in [4.78, 5) is 28.2. The fraction of sp³-hybridized carbons (Fsp3) is 0.300. The van der Waals surface area contributed by atoms with Gasteiger partial charge in [0, 0.05) is 18.8 Å². The molecule has 2 amide bonds. The van der Waals surface area contributed by atoms with Crippen molar-refractivity contribution in [3.63, 3.8) is 0 Å². The van der Waals surface area contributed by atoms with E-state index in [1.54, 1.807) is 21.9 Å². The van der Waals surface area contributed by atoms with Gasteiger partial charge in [-0.05, 0) is 29.8 Å². The van der Waals surface area contributed by atoms with E-state index in [1.165, 1.54) is 7.11 Å². The minimum absolute atomic E-state index is 0.0449. The van der Waals surface area contributed by atoms with Gasteiger partial charge < -0.3 is 14.4 Å². The molecule has 1 heterocycles. The summed E-state index contributed by atoms with van der Waals surface area (Å²) in [6.07, 6.45) is 0. The van der Waals surface area contributed by atoms with Crippen molar-refractivity contribution in [2.45, 2.75) is 6.54 Å². The molecule has 0 unspecified atom stereocenters.